The maximum atomic E-state index is 5.78. The summed E-state index contributed by atoms with van der Waals surface area (Å²) in [6.07, 6.45) is 14.9. The van der Waals surface area contributed by atoms with Crippen LogP contribution in [0.15, 0.2) is 0 Å². The lowest BCUT2D eigenvalue weighted by Gasteiger charge is -2.24. The third-order valence-corrected chi connectivity index (χ3v) is 3.86. The van der Waals surface area contributed by atoms with Crippen molar-refractivity contribution in [3.05, 3.63) is 0 Å². The molecule has 0 aromatic rings. The standard InChI is InChI=1S/C18H40N2O/c1-5-6-7-8-9-10-11-12-13-14-15-17(20-19)16-21-18(2,3)4/h17,20H,5-16,19H2,1-4H3. The fraction of sp³-hybridized carbons (Fsp3) is 1.00. The van der Waals surface area contributed by atoms with Gasteiger partial charge in [-0.15, -0.1) is 0 Å². The second kappa shape index (κ2) is 13.5. The molecule has 128 valence electrons. The van der Waals surface area contributed by atoms with E-state index in [1.54, 1.807) is 0 Å². The molecule has 3 nitrogen and oxygen atoms in total. The molecule has 0 amide bonds. The summed E-state index contributed by atoms with van der Waals surface area (Å²) in [6.45, 7) is 9.23. The zero-order valence-corrected chi connectivity index (χ0v) is 15.0. The Hall–Kier alpha value is -0.120. The molecule has 0 rings (SSSR count). The molecule has 0 aliphatic carbocycles. The lowest BCUT2D eigenvalue weighted by Crippen LogP contribution is -2.40. The second-order valence-corrected chi connectivity index (χ2v) is 7.26. The molecular formula is C18H40N2O. The van der Waals surface area contributed by atoms with Crippen molar-refractivity contribution in [3.63, 3.8) is 0 Å². The van der Waals surface area contributed by atoms with Crippen LogP contribution in [0.2, 0.25) is 0 Å². The normalized spacial score (nSPS) is 13.6. The Labute approximate surface area is 133 Å². The molecule has 0 heterocycles. The van der Waals surface area contributed by atoms with E-state index in [9.17, 15) is 0 Å². The van der Waals surface area contributed by atoms with Crippen molar-refractivity contribution in [1.82, 2.24) is 5.43 Å². The summed E-state index contributed by atoms with van der Waals surface area (Å²) < 4.78 is 5.78. The van der Waals surface area contributed by atoms with E-state index < -0.39 is 0 Å². The predicted molar refractivity (Wildman–Crippen MR) is 93.3 cm³/mol. The van der Waals surface area contributed by atoms with Crippen LogP contribution in [0.4, 0.5) is 0 Å². The molecule has 0 bridgehead atoms. The molecule has 0 aromatic carbocycles. The quantitative estimate of drug-likeness (QED) is 0.271. The van der Waals surface area contributed by atoms with Gasteiger partial charge in [0, 0.05) is 6.04 Å². The van der Waals surface area contributed by atoms with Crippen molar-refractivity contribution in [2.45, 2.75) is 110 Å². The van der Waals surface area contributed by atoms with Gasteiger partial charge >= 0.3 is 0 Å². The molecule has 0 aromatic heterocycles. The van der Waals surface area contributed by atoms with Gasteiger partial charge in [-0.1, -0.05) is 71.1 Å². The Bertz CT molecular complexity index is 214. The number of nitrogens with two attached hydrogens (primary N) is 1. The van der Waals surface area contributed by atoms with E-state index >= 15 is 0 Å². The Balaban J connectivity index is 3.35. The minimum Gasteiger partial charge on any atom is -0.374 e. The van der Waals surface area contributed by atoms with Crippen LogP contribution in [0, 0.1) is 0 Å². The van der Waals surface area contributed by atoms with Crippen LogP contribution in [-0.2, 0) is 4.74 Å². The van der Waals surface area contributed by atoms with Crippen LogP contribution >= 0.6 is 0 Å². The van der Waals surface area contributed by atoms with E-state index in [0.29, 0.717) is 12.6 Å². The maximum absolute atomic E-state index is 5.78. The third-order valence-electron chi connectivity index (χ3n) is 3.86. The van der Waals surface area contributed by atoms with Gasteiger partial charge < -0.3 is 4.74 Å². The van der Waals surface area contributed by atoms with Crippen LogP contribution in [0.1, 0.15) is 98.3 Å². The van der Waals surface area contributed by atoms with E-state index in [-0.39, 0.29) is 5.60 Å². The summed E-state index contributed by atoms with van der Waals surface area (Å²) in [6, 6.07) is 0.290. The van der Waals surface area contributed by atoms with Gasteiger partial charge in [0.15, 0.2) is 0 Å². The van der Waals surface area contributed by atoms with Gasteiger partial charge in [0.25, 0.3) is 0 Å². The molecule has 0 spiro atoms. The van der Waals surface area contributed by atoms with Crippen LogP contribution in [-0.4, -0.2) is 18.2 Å². The van der Waals surface area contributed by atoms with E-state index in [1.165, 1.54) is 64.2 Å². The van der Waals surface area contributed by atoms with Gasteiger partial charge in [0.1, 0.15) is 0 Å². The maximum Gasteiger partial charge on any atom is 0.0640 e. The topological polar surface area (TPSA) is 47.3 Å². The average molecular weight is 301 g/mol. The second-order valence-electron chi connectivity index (χ2n) is 7.26. The lowest BCUT2D eigenvalue weighted by atomic mass is 10.0. The minimum absolute atomic E-state index is 0.0765. The molecule has 0 radical (unpaired) electrons. The van der Waals surface area contributed by atoms with Gasteiger partial charge in [-0.25, -0.2) is 0 Å². The van der Waals surface area contributed by atoms with E-state index in [1.807, 2.05) is 0 Å². The van der Waals surface area contributed by atoms with Crippen molar-refractivity contribution in [1.29, 1.82) is 0 Å². The first-order chi connectivity index (χ1) is 9.99. The van der Waals surface area contributed by atoms with Gasteiger partial charge in [0.05, 0.1) is 12.2 Å². The Morgan fingerprint density at radius 1 is 0.857 bits per heavy atom. The Morgan fingerprint density at radius 3 is 1.76 bits per heavy atom. The zero-order valence-electron chi connectivity index (χ0n) is 15.0. The monoisotopic (exact) mass is 300 g/mol. The number of hydrazine groups is 1. The molecule has 0 saturated carbocycles. The predicted octanol–water partition coefficient (Wildman–Crippen LogP) is 4.94. The first-order valence-corrected chi connectivity index (χ1v) is 9.09. The fourth-order valence-electron chi connectivity index (χ4n) is 2.44. The SMILES string of the molecule is CCCCCCCCCCCCC(COC(C)(C)C)NN. The largest absolute Gasteiger partial charge is 0.374 e. The molecule has 1 atom stereocenters. The number of nitrogens with one attached hydrogen (secondary N) is 1. The van der Waals surface area contributed by atoms with Crippen molar-refractivity contribution < 1.29 is 4.74 Å². The summed E-state index contributed by atoms with van der Waals surface area (Å²) >= 11 is 0. The van der Waals surface area contributed by atoms with E-state index in [0.717, 1.165) is 6.42 Å². The highest BCUT2D eigenvalue weighted by Crippen LogP contribution is 2.13. The first-order valence-electron chi connectivity index (χ1n) is 9.09. The van der Waals surface area contributed by atoms with Crippen LogP contribution in [0.5, 0.6) is 0 Å². The van der Waals surface area contributed by atoms with Crippen molar-refractivity contribution in [2.75, 3.05) is 6.61 Å². The number of rotatable bonds is 14. The van der Waals surface area contributed by atoms with Crippen molar-refractivity contribution in [3.8, 4) is 0 Å². The number of unbranched alkanes of at least 4 members (excludes halogenated alkanes) is 9. The highest BCUT2D eigenvalue weighted by molar-refractivity contribution is 4.67. The molecule has 3 heteroatoms. The summed E-state index contributed by atoms with van der Waals surface area (Å²) in [5, 5.41) is 0. The Morgan fingerprint density at radius 2 is 1.33 bits per heavy atom. The molecular weight excluding hydrogens is 260 g/mol. The number of ether oxygens (including phenoxy) is 1. The summed E-state index contributed by atoms with van der Waals surface area (Å²) in [7, 11) is 0. The summed E-state index contributed by atoms with van der Waals surface area (Å²) in [5.74, 6) is 5.59. The minimum atomic E-state index is -0.0765. The smallest absolute Gasteiger partial charge is 0.0640 e. The van der Waals surface area contributed by atoms with Gasteiger partial charge in [-0.3, -0.25) is 11.3 Å². The average Bonchev–Trinajstić information content (AvgIpc) is 2.43. The van der Waals surface area contributed by atoms with Crippen molar-refractivity contribution >= 4 is 0 Å². The van der Waals surface area contributed by atoms with Gasteiger partial charge in [-0.05, 0) is 27.2 Å². The van der Waals surface area contributed by atoms with E-state index in [2.05, 4.69) is 33.1 Å². The fourth-order valence-corrected chi connectivity index (χ4v) is 2.44. The molecule has 0 aliphatic heterocycles. The first kappa shape index (κ1) is 20.9. The zero-order chi connectivity index (χ0) is 16.0. The molecule has 21 heavy (non-hydrogen) atoms. The number of hydrogen-bond donors (Lipinski definition) is 2. The van der Waals surface area contributed by atoms with Crippen molar-refractivity contribution in [2.24, 2.45) is 5.84 Å². The molecule has 0 fully saturated rings. The van der Waals surface area contributed by atoms with Gasteiger partial charge in [-0.2, -0.15) is 0 Å². The molecule has 0 aliphatic rings. The lowest BCUT2D eigenvalue weighted by molar-refractivity contribution is -0.0156. The van der Waals surface area contributed by atoms with Crippen LogP contribution in [0.25, 0.3) is 0 Å². The van der Waals surface area contributed by atoms with Crippen LogP contribution in [0.3, 0.4) is 0 Å². The molecule has 3 N–H and O–H groups in total. The third kappa shape index (κ3) is 16.1. The van der Waals surface area contributed by atoms with Gasteiger partial charge in [0.2, 0.25) is 0 Å². The summed E-state index contributed by atoms with van der Waals surface area (Å²) in [5.41, 5.74) is 2.80. The highest BCUT2D eigenvalue weighted by Gasteiger charge is 2.14. The van der Waals surface area contributed by atoms with Crippen LogP contribution < -0.4 is 11.3 Å². The highest BCUT2D eigenvalue weighted by atomic mass is 16.5. The molecule has 0 saturated heterocycles. The molecule has 1 unspecified atom stereocenters. The summed E-state index contributed by atoms with van der Waals surface area (Å²) in [4.78, 5) is 0. The Kier molecular flexibility index (Phi) is 13.5. The van der Waals surface area contributed by atoms with E-state index in [4.69, 9.17) is 10.6 Å². The number of hydrogen-bond acceptors (Lipinski definition) is 3.